The normalized spacial score (nSPS) is 29.0. The molecule has 11 nitrogen and oxygen atoms in total. The number of alkyl carbamates (subject to hydrolysis) is 1. The Labute approximate surface area is 290 Å². The number of benzene rings is 1. The van der Waals surface area contributed by atoms with Crippen molar-refractivity contribution in [3.63, 3.8) is 0 Å². The predicted molar refractivity (Wildman–Crippen MR) is 190 cm³/mol. The van der Waals surface area contributed by atoms with Gasteiger partial charge >= 0.3 is 20.9 Å². The number of thioether (sulfide) groups is 1. The summed E-state index contributed by atoms with van der Waals surface area (Å²) in [5.41, 5.74) is 2.83. The van der Waals surface area contributed by atoms with Crippen LogP contribution >= 0.6 is 11.8 Å². The fraction of sp³-hybridized carbons (Fsp3) is 0.600. The standard InChI is InChI=1S/C35H51N3O8SSi/c1-8-22-21-38-30(18-23(22)19-31(38)47-32(9-2)48(43-5,44-6)45-7)33(25-16-17-36-28-15-14-24(41-3)20-27(25)28)46-35(40)37-29-13-11-10-12-26(29)34(39)42-4/h8,10-11,14-16,20,22-23,26,29-33,36H,1,9,12-13,17-19,21H2,2-7H3,(H,37,40)/t22-,23?,26?,29?,30-,31?,32?,33+/m0/s1. The highest BCUT2D eigenvalue weighted by Crippen LogP contribution is 2.49. The smallest absolute Gasteiger partial charge is 0.497 e. The summed E-state index contributed by atoms with van der Waals surface area (Å²) in [6.07, 6.45) is 10.6. The van der Waals surface area contributed by atoms with Gasteiger partial charge in [0.25, 0.3) is 0 Å². The number of ether oxygens (including phenoxy) is 3. The molecule has 0 spiro atoms. The third-order valence-corrected chi connectivity index (χ3v) is 16.0. The van der Waals surface area contributed by atoms with Gasteiger partial charge in [-0.15, -0.1) is 18.3 Å². The van der Waals surface area contributed by atoms with Gasteiger partial charge in [0.1, 0.15) is 11.9 Å². The number of carbonyl (C=O) groups is 2. The highest BCUT2D eigenvalue weighted by molar-refractivity contribution is 8.02. The largest absolute Gasteiger partial charge is 0.513 e. The topological polar surface area (TPSA) is 117 Å². The van der Waals surface area contributed by atoms with Crippen LogP contribution in [0.5, 0.6) is 5.75 Å². The number of methoxy groups -OCH3 is 2. The van der Waals surface area contributed by atoms with Gasteiger partial charge in [-0.25, -0.2) is 4.79 Å². The molecule has 0 aromatic heterocycles. The maximum absolute atomic E-state index is 13.9. The molecule has 3 fully saturated rings. The van der Waals surface area contributed by atoms with E-state index >= 15 is 0 Å². The number of esters is 1. The number of amides is 1. The van der Waals surface area contributed by atoms with Crippen molar-refractivity contribution in [3.8, 4) is 5.75 Å². The van der Waals surface area contributed by atoms with Crippen LogP contribution < -0.4 is 15.4 Å². The second-order valence-electron chi connectivity index (χ2n) is 12.7. The Morgan fingerprint density at radius 2 is 1.88 bits per heavy atom. The Hall–Kier alpha value is -2.81. The molecule has 1 aliphatic carbocycles. The molecule has 0 saturated carbocycles. The third-order valence-electron chi connectivity index (χ3n) is 10.4. The van der Waals surface area contributed by atoms with Crippen LogP contribution in [0.2, 0.25) is 0 Å². The van der Waals surface area contributed by atoms with Gasteiger partial charge in [-0.3, -0.25) is 9.69 Å². The van der Waals surface area contributed by atoms with Crippen molar-refractivity contribution >= 4 is 43.9 Å². The Balaban J connectivity index is 1.50. The van der Waals surface area contributed by atoms with E-state index in [1.165, 1.54) is 7.11 Å². The number of hydrogen-bond acceptors (Lipinski definition) is 11. The molecule has 3 saturated heterocycles. The zero-order chi connectivity index (χ0) is 34.4. The first-order valence-corrected chi connectivity index (χ1v) is 19.5. The van der Waals surface area contributed by atoms with E-state index in [2.05, 4.69) is 41.2 Å². The van der Waals surface area contributed by atoms with Crippen molar-refractivity contribution in [2.45, 2.75) is 67.5 Å². The van der Waals surface area contributed by atoms with Gasteiger partial charge in [0.15, 0.2) is 0 Å². The molecule has 4 heterocycles. The van der Waals surface area contributed by atoms with Crippen LogP contribution in [0.15, 0.2) is 49.1 Å². The molecule has 6 rings (SSSR count). The highest BCUT2D eigenvalue weighted by atomic mass is 32.2. The molecular formula is C35H51N3O8SSi. The van der Waals surface area contributed by atoms with Crippen LogP contribution in [0.4, 0.5) is 10.5 Å². The van der Waals surface area contributed by atoms with Crippen molar-refractivity contribution < 1.29 is 37.1 Å². The van der Waals surface area contributed by atoms with Crippen LogP contribution in [0.3, 0.4) is 0 Å². The SMILES string of the molecule is C=C[C@H]1CN2C(SC(CC)[Si](OC)(OC)OC)CC1C[C@H]2[C@H](OC(=O)NC1CC=CCC1C(=O)OC)C1=CCNc2ccc(OC)cc21. The summed E-state index contributed by atoms with van der Waals surface area (Å²) >= 11 is 1.85. The lowest BCUT2D eigenvalue weighted by Crippen LogP contribution is -2.63. The number of nitrogens with one attached hydrogen (secondary N) is 2. The van der Waals surface area contributed by atoms with Crippen molar-refractivity contribution in [1.29, 1.82) is 0 Å². The maximum atomic E-state index is 13.9. The molecule has 264 valence electrons. The van der Waals surface area contributed by atoms with E-state index in [1.807, 2.05) is 42.1 Å². The highest BCUT2D eigenvalue weighted by Gasteiger charge is 2.54. The molecule has 48 heavy (non-hydrogen) atoms. The molecule has 13 heteroatoms. The summed E-state index contributed by atoms with van der Waals surface area (Å²) in [4.78, 5) is 29.0. The quantitative estimate of drug-likeness (QED) is 0.150. The van der Waals surface area contributed by atoms with Crippen LogP contribution in [-0.2, 0) is 27.5 Å². The summed E-state index contributed by atoms with van der Waals surface area (Å²) in [5, 5.41) is 6.61. The molecule has 2 bridgehead atoms. The predicted octanol–water partition coefficient (Wildman–Crippen LogP) is 5.26. The summed E-state index contributed by atoms with van der Waals surface area (Å²) in [5.74, 6) is 0.576. The molecular weight excluding hydrogens is 651 g/mol. The summed E-state index contributed by atoms with van der Waals surface area (Å²) in [6.45, 7) is 7.71. The van der Waals surface area contributed by atoms with E-state index in [1.54, 1.807) is 28.4 Å². The van der Waals surface area contributed by atoms with E-state index in [0.29, 0.717) is 31.2 Å². The van der Waals surface area contributed by atoms with E-state index in [9.17, 15) is 9.59 Å². The molecule has 2 N–H and O–H groups in total. The average molecular weight is 702 g/mol. The van der Waals surface area contributed by atoms with Gasteiger partial charge in [0, 0.05) is 57.3 Å². The van der Waals surface area contributed by atoms with Crippen molar-refractivity contribution in [2.24, 2.45) is 17.8 Å². The molecule has 6 unspecified atom stereocenters. The Morgan fingerprint density at radius 1 is 1.12 bits per heavy atom. The molecule has 1 aromatic carbocycles. The number of allylic oxidation sites excluding steroid dienone is 1. The van der Waals surface area contributed by atoms with Gasteiger partial charge in [-0.05, 0) is 62.1 Å². The second kappa shape index (κ2) is 16.3. The van der Waals surface area contributed by atoms with Crippen molar-refractivity contribution in [1.82, 2.24) is 10.2 Å². The number of hydrogen-bond donors (Lipinski definition) is 2. The van der Waals surface area contributed by atoms with Crippen molar-refractivity contribution in [2.75, 3.05) is 54.0 Å². The van der Waals surface area contributed by atoms with Crippen LogP contribution in [-0.4, -0.2) is 103 Å². The Kier molecular flexibility index (Phi) is 12.4. The van der Waals surface area contributed by atoms with Gasteiger partial charge < -0.3 is 38.1 Å². The van der Waals surface area contributed by atoms with E-state index < -0.39 is 33.0 Å². The van der Waals surface area contributed by atoms with Gasteiger partial charge in [-0.1, -0.05) is 31.2 Å². The first-order chi connectivity index (χ1) is 23.3. The van der Waals surface area contributed by atoms with Crippen LogP contribution in [0.1, 0.15) is 44.6 Å². The van der Waals surface area contributed by atoms with Gasteiger partial charge in [-0.2, -0.15) is 0 Å². The third kappa shape index (κ3) is 7.36. The number of piperidine rings is 3. The fourth-order valence-electron chi connectivity index (χ4n) is 7.84. The first kappa shape index (κ1) is 36.5. The molecule has 9 atom stereocenters. The Morgan fingerprint density at radius 3 is 2.52 bits per heavy atom. The minimum absolute atomic E-state index is 0.0186. The lowest BCUT2D eigenvalue weighted by molar-refractivity contribution is -0.146. The van der Waals surface area contributed by atoms with Crippen LogP contribution in [0, 0.1) is 17.8 Å². The minimum Gasteiger partial charge on any atom is -0.497 e. The van der Waals surface area contributed by atoms with Crippen LogP contribution in [0.25, 0.3) is 5.57 Å². The van der Waals surface area contributed by atoms with Gasteiger partial charge in [0.05, 0.1) is 36.4 Å². The summed E-state index contributed by atoms with van der Waals surface area (Å²) in [6, 6.07) is 5.39. The fourth-order valence-corrected chi connectivity index (χ4v) is 13.0. The molecule has 5 aliphatic rings. The van der Waals surface area contributed by atoms with E-state index in [4.69, 9.17) is 27.5 Å². The van der Waals surface area contributed by atoms with Gasteiger partial charge in [0.2, 0.25) is 0 Å². The zero-order valence-corrected chi connectivity index (χ0v) is 30.8. The maximum Gasteiger partial charge on any atom is 0.513 e. The first-order valence-electron chi connectivity index (χ1n) is 16.8. The minimum atomic E-state index is -2.95. The van der Waals surface area contributed by atoms with E-state index in [0.717, 1.165) is 48.4 Å². The Bertz CT molecular complexity index is 1360. The number of rotatable bonds is 14. The lowest BCUT2D eigenvalue weighted by atomic mass is 9.72. The molecule has 1 amide bonds. The lowest BCUT2D eigenvalue weighted by Gasteiger charge is -2.56. The molecule has 1 aromatic rings. The number of nitrogens with zero attached hydrogens (tertiary/aromatic N) is 1. The average Bonchev–Trinajstić information content (AvgIpc) is 3.13. The summed E-state index contributed by atoms with van der Waals surface area (Å²) in [7, 11) is 5.07. The summed E-state index contributed by atoms with van der Waals surface area (Å²) < 4.78 is 35.0. The molecule has 4 aliphatic heterocycles. The zero-order valence-electron chi connectivity index (χ0n) is 28.9. The molecule has 0 radical (unpaired) electrons. The van der Waals surface area contributed by atoms with E-state index in [-0.39, 0.29) is 22.3 Å². The van der Waals surface area contributed by atoms with Crippen molar-refractivity contribution in [3.05, 3.63) is 54.6 Å². The number of carbonyl (C=O) groups excluding carboxylic acids is 2. The number of fused-ring (bicyclic) bond motifs is 4. The number of anilines is 1. The second-order valence-corrected chi connectivity index (χ2v) is 17.6. The monoisotopic (exact) mass is 701 g/mol.